The summed E-state index contributed by atoms with van der Waals surface area (Å²) in [4.78, 5) is 10.8. The van der Waals surface area contributed by atoms with Crippen LogP contribution in [0, 0.1) is 0 Å². The highest BCUT2D eigenvalue weighted by Gasteiger charge is 2.04. The molecular formula is C8H18ClNO2. The molecule has 0 aliphatic heterocycles. The quantitative estimate of drug-likeness (QED) is 0.534. The van der Waals surface area contributed by atoms with Crippen LogP contribution in [0.3, 0.4) is 0 Å². The molecule has 4 heteroatoms. The van der Waals surface area contributed by atoms with Gasteiger partial charge in [0, 0.05) is 6.04 Å². The standard InChI is InChI=1S/C8H17NO2.ClH/c1-3-4-5-11-8(10)6-7(2)9;/h7H,3-6,9H2,1-2H3;1H. The summed E-state index contributed by atoms with van der Waals surface area (Å²) >= 11 is 0. The first kappa shape index (κ1) is 14.3. The van der Waals surface area contributed by atoms with E-state index >= 15 is 0 Å². The molecule has 3 nitrogen and oxygen atoms in total. The highest BCUT2D eigenvalue weighted by molar-refractivity contribution is 5.85. The molecule has 74 valence electrons. The molecular weight excluding hydrogens is 178 g/mol. The highest BCUT2D eigenvalue weighted by atomic mass is 35.5. The maximum atomic E-state index is 10.8. The number of unbranched alkanes of at least 4 members (excludes halogenated alkanes) is 1. The summed E-state index contributed by atoms with van der Waals surface area (Å²) in [6.07, 6.45) is 2.31. The largest absolute Gasteiger partial charge is 0.466 e. The number of esters is 1. The average Bonchev–Trinajstić information content (AvgIpc) is 1.86. The Bertz CT molecular complexity index is 118. The number of hydrogen-bond donors (Lipinski definition) is 1. The van der Waals surface area contributed by atoms with Gasteiger partial charge in [-0.3, -0.25) is 4.79 Å². The van der Waals surface area contributed by atoms with Gasteiger partial charge < -0.3 is 10.5 Å². The minimum atomic E-state index is -0.187. The van der Waals surface area contributed by atoms with Crippen LogP contribution in [-0.2, 0) is 9.53 Å². The Labute approximate surface area is 80.1 Å². The predicted octanol–water partition coefficient (Wildman–Crippen LogP) is 1.49. The topological polar surface area (TPSA) is 52.3 Å². The lowest BCUT2D eigenvalue weighted by Gasteiger charge is -2.05. The third-order valence-corrected chi connectivity index (χ3v) is 1.25. The van der Waals surface area contributed by atoms with Crippen molar-refractivity contribution in [1.82, 2.24) is 0 Å². The summed E-state index contributed by atoms with van der Waals surface area (Å²) in [7, 11) is 0. The van der Waals surface area contributed by atoms with Gasteiger partial charge in [0.1, 0.15) is 0 Å². The molecule has 0 aromatic carbocycles. The summed E-state index contributed by atoms with van der Waals surface area (Å²) in [5.74, 6) is -0.187. The lowest BCUT2D eigenvalue weighted by atomic mass is 10.2. The van der Waals surface area contributed by atoms with Crippen LogP contribution in [0.5, 0.6) is 0 Å². The van der Waals surface area contributed by atoms with E-state index in [-0.39, 0.29) is 24.4 Å². The van der Waals surface area contributed by atoms with Gasteiger partial charge in [0.2, 0.25) is 0 Å². The summed E-state index contributed by atoms with van der Waals surface area (Å²) in [6.45, 7) is 4.38. The molecule has 0 saturated carbocycles. The molecule has 0 saturated heterocycles. The van der Waals surface area contributed by atoms with Gasteiger partial charge in [-0.15, -0.1) is 12.4 Å². The molecule has 1 atom stereocenters. The van der Waals surface area contributed by atoms with Crippen molar-refractivity contribution in [2.24, 2.45) is 5.73 Å². The Morgan fingerprint density at radius 3 is 2.58 bits per heavy atom. The zero-order valence-corrected chi connectivity index (χ0v) is 8.52. The monoisotopic (exact) mass is 195 g/mol. The van der Waals surface area contributed by atoms with Crippen LogP contribution in [0.15, 0.2) is 0 Å². The molecule has 0 spiro atoms. The van der Waals surface area contributed by atoms with Crippen LogP contribution in [0.25, 0.3) is 0 Å². The Kier molecular flexibility index (Phi) is 10.5. The van der Waals surface area contributed by atoms with Crippen LogP contribution in [0.2, 0.25) is 0 Å². The van der Waals surface area contributed by atoms with Crippen molar-refractivity contribution < 1.29 is 9.53 Å². The van der Waals surface area contributed by atoms with Crippen LogP contribution in [0.4, 0.5) is 0 Å². The summed E-state index contributed by atoms with van der Waals surface area (Å²) in [5, 5.41) is 0. The number of hydrogen-bond acceptors (Lipinski definition) is 3. The summed E-state index contributed by atoms with van der Waals surface area (Å²) in [6, 6.07) is -0.0934. The first-order chi connectivity index (χ1) is 5.16. The molecule has 0 aliphatic carbocycles. The average molecular weight is 196 g/mol. The lowest BCUT2D eigenvalue weighted by molar-refractivity contribution is -0.144. The van der Waals surface area contributed by atoms with E-state index in [4.69, 9.17) is 10.5 Å². The van der Waals surface area contributed by atoms with Crippen molar-refractivity contribution in [2.45, 2.75) is 39.2 Å². The molecule has 1 unspecified atom stereocenters. The highest BCUT2D eigenvalue weighted by Crippen LogP contribution is 1.93. The van der Waals surface area contributed by atoms with Gasteiger partial charge in [-0.2, -0.15) is 0 Å². The van der Waals surface area contributed by atoms with Crippen molar-refractivity contribution in [2.75, 3.05) is 6.61 Å². The molecule has 0 amide bonds. The maximum Gasteiger partial charge on any atom is 0.307 e. The van der Waals surface area contributed by atoms with Gasteiger partial charge in [-0.05, 0) is 13.3 Å². The fourth-order valence-electron chi connectivity index (χ4n) is 0.652. The molecule has 0 heterocycles. The van der Waals surface area contributed by atoms with Crippen molar-refractivity contribution in [3.8, 4) is 0 Å². The van der Waals surface area contributed by atoms with E-state index in [1.807, 2.05) is 0 Å². The van der Waals surface area contributed by atoms with E-state index in [0.717, 1.165) is 12.8 Å². The number of carbonyl (C=O) groups is 1. The van der Waals surface area contributed by atoms with Crippen LogP contribution < -0.4 is 5.73 Å². The number of ether oxygens (including phenoxy) is 1. The van der Waals surface area contributed by atoms with Crippen LogP contribution >= 0.6 is 12.4 Å². The predicted molar refractivity (Wildman–Crippen MR) is 51.4 cm³/mol. The Morgan fingerprint density at radius 1 is 1.58 bits per heavy atom. The van der Waals surface area contributed by atoms with Gasteiger partial charge in [0.15, 0.2) is 0 Å². The number of halogens is 1. The van der Waals surface area contributed by atoms with E-state index in [1.54, 1.807) is 6.92 Å². The minimum absolute atomic E-state index is 0. The zero-order valence-electron chi connectivity index (χ0n) is 7.71. The molecule has 0 bridgehead atoms. The van der Waals surface area contributed by atoms with E-state index < -0.39 is 0 Å². The van der Waals surface area contributed by atoms with E-state index in [9.17, 15) is 4.79 Å². The van der Waals surface area contributed by atoms with Crippen molar-refractivity contribution in [3.63, 3.8) is 0 Å². The first-order valence-corrected chi connectivity index (χ1v) is 4.08. The summed E-state index contributed by atoms with van der Waals surface area (Å²) < 4.78 is 4.87. The molecule has 2 N–H and O–H groups in total. The second-order valence-electron chi connectivity index (χ2n) is 2.76. The van der Waals surface area contributed by atoms with Gasteiger partial charge in [-0.25, -0.2) is 0 Å². The number of carbonyl (C=O) groups excluding carboxylic acids is 1. The third-order valence-electron chi connectivity index (χ3n) is 1.25. The van der Waals surface area contributed by atoms with Crippen molar-refractivity contribution in [3.05, 3.63) is 0 Å². The lowest BCUT2D eigenvalue weighted by Crippen LogP contribution is -2.21. The SMILES string of the molecule is CCCCOC(=O)CC(C)N.Cl. The van der Waals surface area contributed by atoms with Crippen molar-refractivity contribution in [1.29, 1.82) is 0 Å². The molecule has 0 aromatic heterocycles. The minimum Gasteiger partial charge on any atom is -0.466 e. The number of nitrogens with two attached hydrogens (primary N) is 1. The molecule has 0 radical (unpaired) electrons. The molecule has 0 aliphatic rings. The third kappa shape index (κ3) is 9.72. The fourth-order valence-corrected chi connectivity index (χ4v) is 0.652. The second-order valence-corrected chi connectivity index (χ2v) is 2.76. The Balaban J connectivity index is 0. The van der Waals surface area contributed by atoms with E-state index in [1.165, 1.54) is 0 Å². The molecule has 12 heavy (non-hydrogen) atoms. The Morgan fingerprint density at radius 2 is 2.17 bits per heavy atom. The number of rotatable bonds is 5. The zero-order chi connectivity index (χ0) is 8.69. The molecule has 0 fully saturated rings. The van der Waals surface area contributed by atoms with Crippen LogP contribution in [0.1, 0.15) is 33.1 Å². The maximum absolute atomic E-state index is 10.8. The van der Waals surface area contributed by atoms with Gasteiger partial charge >= 0.3 is 5.97 Å². The smallest absolute Gasteiger partial charge is 0.307 e. The van der Waals surface area contributed by atoms with Gasteiger partial charge in [0.25, 0.3) is 0 Å². The van der Waals surface area contributed by atoms with Crippen LogP contribution in [-0.4, -0.2) is 18.6 Å². The first-order valence-electron chi connectivity index (χ1n) is 4.08. The molecule has 0 rings (SSSR count). The van der Waals surface area contributed by atoms with E-state index in [0.29, 0.717) is 13.0 Å². The molecule has 0 aromatic rings. The fraction of sp³-hybridized carbons (Fsp3) is 0.875. The Hall–Kier alpha value is -0.280. The van der Waals surface area contributed by atoms with Gasteiger partial charge in [-0.1, -0.05) is 13.3 Å². The normalized spacial score (nSPS) is 11.6. The van der Waals surface area contributed by atoms with Gasteiger partial charge in [0.05, 0.1) is 13.0 Å². The summed E-state index contributed by atoms with van der Waals surface area (Å²) in [5.41, 5.74) is 5.40. The second kappa shape index (κ2) is 8.81. The van der Waals surface area contributed by atoms with E-state index in [2.05, 4.69) is 6.92 Å². The van der Waals surface area contributed by atoms with Crippen molar-refractivity contribution >= 4 is 18.4 Å².